The molecular weight excluding hydrogens is 240 g/mol. The zero-order valence-electron chi connectivity index (χ0n) is 10.1. The summed E-state index contributed by atoms with van der Waals surface area (Å²) in [7, 11) is 0. The molecule has 1 aromatic heterocycles. The molecule has 1 aliphatic heterocycles. The van der Waals surface area contributed by atoms with Crippen LogP contribution < -0.4 is 0 Å². The van der Waals surface area contributed by atoms with E-state index >= 15 is 0 Å². The SMILES string of the molecule is CC(C)N1C(=O)O[C@H](c2ccnc(Cl)c2)[C@@H]1C. The van der Waals surface area contributed by atoms with Crippen molar-refractivity contribution in [3.63, 3.8) is 0 Å². The summed E-state index contributed by atoms with van der Waals surface area (Å²) in [6.45, 7) is 5.92. The number of halogens is 1. The molecule has 2 rings (SSSR count). The van der Waals surface area contributed by atoms with Crippen LogP contribution in [0.25, 0.3) is 0 Å². The van der Waals surface area contributed by atoms with Crippen molar-refractivity contribution in [2.24, 2.45) is 0 Å². The molecule has 2 heterocycles. The van der Waals surface area contributed by atoms with Crippen LogP contribution in [0.3, 0.4) is 0 Å². The first-order valence-electron chi connectivity index (χ1n) is 5.61. The third-order valence-corrected chi connectivity index (χ3v) is 3.16. The molecule has 0 unspecified atom stereocenters. The first-order valence-corrected chi connectivity index (χ1v) is 5.99. The molecule has 1 aromatic rings. The van der Waals surface area contributed by atoms with Gasteiger partial charge in [0.05, 0.1) is 6.04 Å². The van der Waals surface area contributed by atoms with Gasteiger partial charge in [-0.3, -0.25) is 4.90 Å². The molecule has 5 heteroatoms. The number of carbonyl (C=O) groups is 1. The van der Waals surface area contributed by atoms with Gasteiger partial charge in [-0.25, -0.2) is 9.78 Å². The summed E-state index contributed by atoms with van der Waals surface area (Å²) in [6, 6.07) is 3.69. The zero-order valence-corrected chi connectivity index (χ0v) is 10.8. The number of amides is 1. The fourth-order valence-corrected chi connectivity index (χ4v) is 2.38. The topological polar surface area (TPSA) is 42.4 Å². The van der Waals surface area contributed by atoms with E-state index < -0.39 is 0 Å². The lowest BCUT2D eigenvalue weighted by molar-refractivity contribution is 0.129. The van der Waals surface area contributed by atoms with E-state index in [0.717, 1.165) is 5.56 Å². The third kappa shape index (κ3) is 2.22. The van der Waals surface area contributed by atoms with Crippen molar-refractivity contribution in [2.75, 3.05) is 0 Å². The number of pyridine rings is 1. The fourth-order valence-electron chi connectivity index (χ4n) is 2.20. The standard InChI is InChI=1S/C12H15ClN2O2/c1-7(2)15-8(3)11(17-12(15)16)9-4-5-14-10(13)6-9/h4-8,11H,1-3H3/t8-,11-/m0/s1. The van der Waals surface area contributed by atoms with Gasteiger partial charge in [0, 0.05) is 12.2 Å². The molecule has 0 spiro atoms. The molecule has 0 bridgehead atoms. The van der Waals surface area contributed by atoms with Crippen molar-refractivity contribution < 1.29 is 9.53 Å². The van der Waals surface area contributed by atoms with E-state index in [1.165, 1.54) is 0 Å². The van der Waals surface area contributed by atoms with Crippen LogP contribution in [-0.4, -0.2) is 28.1 Å². The Labute approximate surface area is 106 Å². The quantitative estimate of drug-likeness (QED) is 0.762. The Hall–Kier alpha value is -1.29. The number of carbonyl (C=O) groups excluding carboxylic acids is 1. The Kier molecular flexibility index (Phi) is 3.24. The molecule has 0 N–H and O–H groups in total. The van der Waals surface area contributed by atoms with E-state index in [4.69, 9.17) is 16.3 Å². The Morgan fingerprint density at radius 2 is 2.24 bits per heavy atom. The first-order chi connectivity index (χ1) is 8.00. The van der Waals surface area contributed by atoms with Crippen LogP contribution in [0.1, 0.15) is 32.4 Å². The highest BCUT2D eigenvalue weighted by Gasteiger charge is 2.40. The van der Waals surface area contributed by atoms with Gasteiger partial charge in [0.1, 0.15) is 11.3 Å². The summed E-state index contributed by atoms with van der Waals surface area (Å²) in [4.78, 5) is 17.4. The van der Waals surface area contributed by atoms with Crippen LogP contribution in [-0.2, 0) is 4.74 Å². The molecule has 1 saturated heterocycles. The fraction of sp³-hybridized carbons (Fsp3) is 0.500. The predicted octanol–water partition coefficient (Wildman–Crippen LogP) is 3.03. The summed E-state index contributed by atoms with van der Waals surface area (Å²) in [6.07, 6.45) is 1.08. The van der Waals surface area contributed by atoms with Gasteiger partial charge in [0.2, 0.25) is 0 Å². The van der Waals surface area contributed by atoms with E-state index in [1.807, 2.05) is 26.8 Å². The number of rotatable bonds is 2. The lowest BCUT2D eigenvalue weighted by atomic mass is 10.0. The normalized spacial score (nSPS) is 24.3. The van der Waals surface area contributed by atoms with Gasteiger partial charge in [-0.1, -0.05) is 11.6 Å². The molecule has 0 radical (unpaired) electrons. The van der Waals surface area contributed by atoms with Crippen LogP contribution in [0.5, 0.6) is 0 Å². The number of hydrogen-bond acceptors (Lipinski definition) is 3. The molecule has 1 amide bonds. The minimum absolute atomic E-state index is 0.000895. The highest BCUT2D eigenvalue weighted by Crippen LogP contribution is 2.33. The van der Waals surface area contributed by atoms with Gasteiger partial charge in [-0.15, -0.1) is 0 Å². The molecule has 0 saturated carbocycles. The van der Waals surface area contributed by atoms with Crippen LogP contribution in [0, 0.1) is 0 Å². The molecule has 4 nitrogen and oxygen atoms in total. The molecule has 0 aromatic carbocycles. The molecule has 92 valence electrons. The largest absolute Gasteiger partial charge is 0.439 e. The number of cyclic esters (lactones) is 1. The molecule has 0 aliphatic carbocycles. The second-order valence-electron chi connectivity index (χ2n) is 4.46. The number of aromatic nitrogens is 1. The Balaban J connectivity index is 2.27. The van der Waals surface area contributed by atoms with Gasteiger partial charge in [0.25, 0.3) is 0 Å². The molecular formula is C12H15ClN2O2. The summed E-state index contributed by atoms with van der Waals surface area (Å²) in [5.74, 6) is 0. The minimum Gasteiger partial charge on any atom is -0.439 e. The van der Waals surface area contributed by atoms with E-state index in [2.05, 4.69) is 4.98 Å². The minimum atomic E-state index is -0.273. The highest BCUT2D eigenvalue weighted by atomic mass is 35.5. The van der Waals surface area contributed by atoms with Crippen LogP contribution >= 0.6 is 11.6 Å². The zero-order chi connectivity index (χ0) is 12.6. The van der Waals surface area contributed by atoms with Crippen molar-refractivity contribution >= 4 is 17.7 Å². The molecule has 1 aliphatic rings. The number of hydrogen-bond donors (Lipinski definition) is 0. The molecule has 2 atom stereocenters. The average molecular weight is 255 g/mol. The maximum atomic E-state index is 11.7. The van der Waals surface area contributed by atoms with Crippen LogP contribution in [0.4, 0.5) is 4.79 Å². The van der Waals surface area contributed by atoms with Gasteiger partial charge in [-0.05, 0) is 38.5 Å². The van der Waals surface area contributed by atoms with Crippen LogP contribution in [0.2, 0.25) is 5.15 Å². The van der Waals surface area contributed by atoms with Gasteiger partial charge in [-0.2, -0.15) is 0 Å². The Morgan fingerprint density at radius 1 is 1.53 bits per heavy atom. The van der Waals surface area contributed by atoms with Gasteiger partial charge < -0.3 is 4.74 Å². The van der Waals surface area contributed by atoms with Crippen molar-refractivity contribution in [3.8, 4) is 0 Å². The summed E-state index contributed by atoms with van der Waals surface area (Å²) < 4.78 is 5.39. The van der Waals surface area contributed by atoms with Crippen LogP contribution in [0.15, 0.2) is 18.3 Å². The lowest BCUT2D eigenvalue weighted by Crippen LogP contribution is -2.37. The molecule has 1 fully saturated rings. The van der Waals surface area contributed by atoms with E-state index in [-0.39, 0.29) is 24.3 Å². The van der Waals surface area contributed by atoms with E-state index in [0.29, 0.717) is 5.15 Å². The van der Waals surface area contributed by atoms with Gasteiger partial charge in [0.15, 0.2) is 0 Å². The van der Waals surface area contributed by atoms with E-state index in [1.54, 1.807) is 17.2 Å². The van der Waals surface area contributed by atoms with Crippen molar-refractivity contribution in [2.45, 2.75) is 39.0 Å². The monoisotopic (exact) mass is 254 g/mol. The predicted molar refractivity (Wildman–Crippen MR) is 64.9 cm³/mol. The number of ether oxygens (including phenoxy) is 1. The summed E-state index contributed by atoms with van der Waals surface area (Å²) in [5, 5.41) is 0.411. The second-order valence-corrected chi connectivity index (χ2v) is 4.85. The van der Waals surface area contributed by atoms with Crippen molar-refractivity contribution in [1.29, 1.82) is 0 Å². The maximum absolute atomic E-state index is 11.7. The third-order valence-electron chi connectivity index (χ3n) is 2.95. The second kappa shape index (κ2) is 4.53. The highest BCUT2D eigenvalue weighted by molar-refractivity contribution is 6.29. The average Bonchev–Trinajstić information content (AvgIpc) is 2.54. The maximum Gasteiger partial charge on any atom is 0.411 e. The summed E-state index contributed by atoms with van der Waals surface area (Å²) in [5.41, 5.74) is 0.883. The first kappa shape index (κ1) is 12.2. The Morgan fingerprint density at radius 3 is 2.76 bits per heavy atom. The van der Waals surface area contributed by atoms with Crippen molar-refractivity contribution in [3.05, 3.63) is 29.0 Å². The smallest absolute Gasteiger partial charge is 0.411 e. The van der Waals surface area contributed by atoms with Crippen molar-refractivity contribution in [1.82, 2.24) is 9.88 Å². The van der Waals surface area contributed by atoms with Gasteiger partial charge >= 0.3 is 6.09 Å². The van der Waals surface area contributed by atoms with E-state index in [9.17, 15) is 4.79 Å². The summed E-state index contributed by atoms with van der Waals surface area (Å²) >= 11 is 5.84. The Bertz CT molecular complexity index is 436. The number of nitrogens with zero attached hydrogens (tertiary/aromatic N) is 2. The molecule has 17 heavy (non-hydrogen) atoms. The lowest BCUT2D eigenvalue weighted by Gasteiger charge is -2.24.